The van der Waals surface area contributed by atoms with Crippen molar-refractivity contribution in [2.75, 3.05) is 19.7 Å². The number of hydrogen-bond donors (Lipinski definition) is 4. The van der Waals surface area contributed by atoms with Crippen molar-refractivity contribution in [3.05, 3.63) is 0 Å². The summed E-state index contributed by atoms with van der Waals surface area (Å²) in [5.74, 6) is 0.311. The Bertz CT molecular complexity index is 272. The van der Waals surface area contributed by atoms with Gasteiger partial charge in [0.25, 0.3) is 0 Å². The van der Waals surface area contributed by atoms with Crippen molar-refractivity contribution in [2.24, 2.45) is 11.7 Å². The van der Waals surface area contributed by atoms with Crippen molar-refractivity contribution in [3.8, 4) is 0 Å². The molecule has 0 spiro atoms. The summed E-state index contributed by atoms with van der Waals surface area (Å²) >= 11 is 0. The quantitative estimate of drug-likeness (QED) is 0.335. The molecule has 0 saturated heterocycles. The predicted molar refractivity (Wildman–Crippen MR) is 73.2 cm³/mol. The standard InChI is InChI=1S/C12H26N4O3/c1-9(2)7-15-19-8-11(17)16-10(3)5-4-6-14-12(13)18/h9-10,15H,4-8H2,1-3H3,(H,16,17)(H3,13,14,18). The first-order chi connectivity index (χ1) is 8.91. The third-order valence-corrected chi connectivity index (χ3v) is 2.32. The zero-order valence-electron chi connectivity index (χ0n) is 12.0. The molecule has 0 aliphatic heterocycles. The minimum Gasteiger partial charge on any atom is -0.352 e. The Kier molecular flexibility index (Phi) is 9.82. The van der Waals surface area contributed by atoms with Gasteiger partial charge in [-0.2, -0.15) is 0 Å². The molecule has 7 nitrogen and oxygen atoms in total. The predicted octanol–water partition coefficient (Wildman–Crippen LogP) is 0.117. The van der Waals surface area contributed by atoms with Gasteiger partial charge in [-0.1, -0.05) is 13.8 Å². The van der Waals surface area contributed by atoms with Gasteiger partial charge in [-0.05, 0) is 25.7 Å². The third kappa shape index (κ3) is 12.9. The number of primary amides is 1. The van der Waals surface area contributed by atoms with Crippen molar-refractivity contribution >= 4 is 11.9 Å². The smallest absolute Gasteiger partial charge is 0.312 e. The average Bonchev–Trinajstić information content (AvgIpc) is 2.30. The molecule has 1 atom stereocenters. The molecule has 0 saturated carbocycles. The second-order valence-corrected chi connectivity index (χ2v) is 4.93. The number of carbonyl (C=O) groups is 2. The van der Waals surface area contributed by atoms with Crippen LogP contribution in [0.15, 0.2) is 0 Å². The van der Waals surface area contributed by atoms with E-state index < -0.39 is 6.03 Å². The number of hydroxylamine groups is 1. The maximum absolute atomic E-state index is 11.5. The summed E-state index contributed by atoms with van der Waals surface area (Å²) in [6.45, 7) is 7.24. The number of hydrogen-bond acceptors (Lipinski definition) is 4. The molecule has 0 heterocycles. The Labute approximate surface area is 114 Å². The lowest BCUT2D eigenvalue weighted by Gasteiger charge is -2.14. The summed E-state index contributed by atoms with van der Waals surface area (Å²) in [7, 11) is 0. The minimum absolute atomic E-state index is 0.00338. The molecule has 0 aromatic heterocycles. The van der Waals surface area contributed by atoms with E-state index in [9.17, 15) is 9.59 Å². The zero-order chi connectivity index (χ0) is 14.7. The van der Waals surface area contributed by atoms with Crippen LogP contribution >= 0.6 is 0 Å². The van der Waals surface area contributed by atoms with Crippen molar-refractivity contribution in [2.45, 2.75) is 39.7 Å². The van der Waals surface area contributed by atoms with Crippen molar-refractivity contribution < 1.29 is 14.4 Å². The molecule has 7 heteroatoms. The van der Waals surface area contributed by atoms with E-state index in [2.05, 4.69) is 30.0 Å². The summed E-state index contributed by atoms with van der Waals surface area (Å²) in [6, 6.07) is -0.489. The van der Waals surface area contributed by atoms with E-state index in [4.69, 9.17) is 10.6 Å². The highest BCUT2D eigenvalue weighted by atomic mass is 16.6. The fourth-order valence-corrected chi connectivity index (χ4v) is 1.35. The SMILES string of the molecule is CC(C)CNOCC(=O)NC(C)CCCNC(N)=O. The van der Waals surface area contributed by atoms with Crippen LogP contribution in [0.5, 0.6) is 0 Å². The summed E-state index contributed by atoms with van der Waals surface area (Å²) in [5, 5.41) is 5.31. The van der Waals surface area contributed by atoms with Gasteiger partial charge in [-0.15, -0.1) is 0 Å². The lowest BCUT2D eigenvalue weighted by molar-refractivity contribution is -0.129. The first-order valence-corrected chi connectivity index (χ1v) is 6.59. The van der Waals surface area contributed by atoms with Crippen LogP contribution in [0.1, 0.15) is 33.6 Å². The molecule has 0 aliphatic carbocycles. The molecular weight excluding hydrogens is 248 g/mol. The van der Waals surface area contributed by atoms with Crippen LogP contribution in [-0.4, -0.2) is 37.7 Å². The molecule has 3 amide bonds. The molecule has 0 aliphatic rings. The molecular formula is C12H26N4O3. The number of nitrogens with two attached hydrogens (primary N) is 1. The molecule has 112 valence electrons. The Hall–Kier alpha value is -1.34. The number of nitrogens with one attached hydrogen (secondary N) is 3. The van der Waals surface area contributed by atoms with E-state index >= 15 is 0 Å². The lowest BCUT2D eigenvalue weighted by Crippen LogP contribution is -2.38. The topological polar surface area (TPSA) is 105 Å². The maximum Gasteiger partial charge on any atom is 0.312 e. The van der Waals surface area contributed by atoms with Crippen LogP contribution in [0.4, 0.5) is 4.79 Å². The highest BCUT2D eigenvalue weighted by Gasteiger charge is 2.07. The second-order valence-electron chi connectivity index (χ2n) is 4.93. The monoisotopic (exact) mass is 274 g/mol. The second kappa shape index (κ2) is 10.6. The molecule has 0 aromatic rings. The molecule has 0 rings (SSSR count). The Morgan fingerprint density at radius 1 is 1.26 bits per heavy atom. The van der Waals surface area contributed by atoms with E-state index in [0.717, 1.165) is 12.8 Å². The van der Waals surface area contributed by atoms with Gasteiger partial charge in [0, 0.05) is 19.1 Å². The van der Waals surface area contributed by atoms with Gasteiger partial charge in [-0.25, -0.2) is 10.3 Å². The van der Waals surface area contributed by atoms with Crippen molar-refractivity contribution in [1.82, 2.24) is 16.1 Å². The first-order valence-electron chi connectivity index (χ1n) is 6.59. The summed E-state index contributed by atoms with van der Waals surface area (Å²) in [5.41, 5.74) is 7.67. The van der Waals surface area contributed by atoms with Crippen LogP contribution in [-0.2, 0) is 9.63 Å². The molecule has 0 radical (unpaired) electrons. The average molecular weight is 274 g/mol. The maximum atomic E-state index is 11.5. The van der Waals surface area contributed by atoms with Crippen molar-refractivity contribution in [1.29, 1.82) is 0 Å². The number of amides is 3. The highest BCUT2D eigenvalue weighted by molar-refractivity contribution is 5.77. The fourth-order valence-electron chi connectivity index (χ4n) is 1.35. The largest absolute Gasteiger partial charge is 0.352 e. The number of rotatable bonds is 10. The fraction of sp³-hybridized carbons (Fsp3) is 0.833. The van der Waals surface area contributed by atoms with Gasteiger partial charge >= 0.3 is 6.03 Å². The van der Waals surface area contributed by atoms with Gasteiger partial charge in [-0.3, -0.25) is 9.63 Å². The Balaban J connectivity index is 3.50. The van der Waals surface area contributed by atoms with E-state index in [1.54, 1.807) is 0 Å². The van der Waals surface area contributed by atoms with E-state index in [0.29, 0.717) is 19.0 Å². The van der Waals surface area contributed by atoms with Crippen LogP contribution in [0.3, 0.4) is 0 Å². The van der Waals surface area contributed by atoms with E-state index in [1.165, 1.54) is 0 Å². The number of urea groups is 1. The van der Waals surface area contributed by atoms with Gasteiger partial charge in [0.1, 0.15) is 6.61 Å². The van der Waals surface area contributed by atoms with Crippen LogP contribution < -0.4 is 21.8 Å². The molecule has 1 unspecified atom stereocenters. The molecule has 19 heavy (non-hydrogen) atoms. The molecule has 0 aromatic carbocycles. The van der Waals surface area contributed by atoms with Crippen LogP contribution in [0.25, 0.3) is 0 Å². The minimum atomic E-state index is -0.527. The van der Waals surface area contributed by atoms with Gasteiger partial charge in [0.05, 0.1) is 0 Å². The van der Waals surface area contributed by atoms with Crippen LogP contribution in [0.2, 0.25) is 0 Å². The lowest BCUT2D eigenvalue weighted by atomic mass is 10.2. The molecule has 0 bridgehead atoms. The zero-order valence-corrected chi connectivity index (χ0v) is 12.0. The van der Waals surface area contributed by atoms with Crippen molar-refractivity contribution in [3.63, 3.8) is 0 Å². The Morgan fingerprint density at radius 2 is 1.95 bits per heavy atom. The normalized spacial score (nSPS) is 12.2. The summed E-state index contributed by atoms with van der Waals surface area (Å²) < 4.78 is 0. The third-order valence-electron chi connectivity index (χ3n) is 2.32. The van der Waals surface area contributed by atoms with Gasteiger partial charge in [0.15, 0.2) is 0 Å². The van der Waals surface area contributed by atoms with E-state index in [-0.39, 0.29) is 18.6 Å². The first kappa shape index (κ1) is 17.7. The molecule has 5 N–H and O–H groups in total. The molecule has 0 fully saturated rings. The number of carbonyl (C=O) groups excluding carboxylic acids is 2. The van der Waals surface area contributed by atoms with Crippen LogP contribution in [0, 0.1) is 5.92 Å². The highest BCUT2D eigenvalue weighted by Crippen LogP contribution is 1.95. The Morgan fingerprint density at radius 3 is 2.53 bits per heavy atom. The summed E-state index contributed by atoms with van der Waals surface area (Å²) in [6.07, 6.45) is 1.53. The van der Waals surface area contributed by atoms with Gasteiger partial charge < -0.3 is 16.4 Å². The van der Waals surface area contributed by atoms with Gasteiger partial charge in [0.2, 0.25) is 5.91 Å². The van der Waals surface area contributed by atoms with E-state index in [1.807, 2.05) is 6.92 Å². The summed E-state index contributed by atoms with van der Waals surface area (Å²) in [4.78, 5) is 26.9.